The maximum absolute atomic E-state index is 11.8. The smallest absolute Gasteiger partial charge is 0.323 e. The van der Waals surface area contributed by atoms with Gasteiger partial charge >= 0.3 is 5.69 Å². The van der Waals surface area contributed by atoms with Crippen LogP contribution in [0, 0.1) is 10.1 Å². The van der Waals surface area contributed by atoms with Gasteiger partial charge in [0, 0.05) is 32.6 Å². The van der Waals surface area contributed by atoms with E-state index < -0.39 is 0 Å². The van der Waals surface area contributed by atoms with Crippen LogP contribution in [0.5, 0.6) is 0 Å². The van der Waals surface area contributed by atoms with Crippen LogP contribution in [0.2, 0.25) is 0 Å². The topological polar surface area (TPSA) is 102 Å². The van der Waals surface area contributed by atoms with Crippen LogP contribution in [-0.2, 0) is 6.42 Å². The summed E-state index contributed by atoms with van der Waals surface area (Å²) in [6.07, 6.45) is 5.40. The first-order valence-electron chi connectivity index (χ1n) is 9.50. The van der Waals surface area contributed by atoms with Crippen LogP contribution in [0.15, 0.2) is 33.5 Å². The van der Waals surface area contributed by atoms with Crippen LogP contribution in [0.4, 0.5) is 17.1 Å². The summed E-state index contributed by atoms with van der Waals surface area (Å²) in [6.45, 7) is 3.71. The summed E-state index contributed by atoms with van der Waals surface area (Å²) < 4.78 is 10.3. The molecule has 9 nitrogen and oxygen atoms in total. The van der Waals surface area contributed by atoms with E-state index in [-0.39, 0.29) is 22.2 Å². The minimum atomic E-state index is -0.385. The highest BCUT2D eigenvalue weighted by molar-refractivity contribution is 6.00. The van der Waals surface area contributed by atoms with Gasteiger partial charge in [-0.25, -0.2) is 4.63 Å². The van der Waals surface area contributed by atoms with Gasteiger partial charge in [0.15, 0.2) is 5.52 Å². The first-order chi connectivity index (χ1) is 13.6. The van der Waals surface area contributed by atoms with Crippen LogP contribution in [0.1, 0.15) is 31.9 Å². The Labute approximate surface area is 162 Å². The number of rotatable bonds is 7. The molecule has 9 heteroatoms. The van der Waals surface area contributed by atoms with E-state index >= 15 is 0 Å². The molecule has 1 aliphatic rings. The van der Waals surface area contributed by atoms with Crippen LogP contribution in [-0.4, -0.2) is 41.4 Å². The Morgan fingerprint density at radius 3 is 2.75 bits per heavy atom. The zero-order valence-corrected chi connectivity index (χ0v) is 16.0. The minimum Gasteiger partial charge on any atom is -0.469 e. The number of furan rings is 1. The maximum Gasteiger partial charge on any atom is 0.323 e. The third-order valence-electron chi connectivity index (χ3n) is 5.53. The summed E-state index contributed by atoms with van der Waals surface area (Å²) in [6, 6.07) is 5.87. The highest BCUT2D eigenvalue weighted by Crippen LogP contribution is 2.41. The molecule has 0 radical (unpaired) electrons. The minimum absolute atomic E-state index is 0.0291. The van der Waals surface area contributed by atoms with Gasteiger partial charge < -0.3 is 14.2 Å². The first kappa shape index (κ1) is 18.3. The molecule has 1 fully saturated rings. The SMILES string of the molecule is CC(CCc1ccco1)N(C)c1cc(N2CCCC2)c([N+](=O)[O-])c2nonc12. The van der Waals surface area contributed by atoms with E-state index in [9.17, 15) is 10.1 Å². The number of nitro benzene ring substituents is 1. The van der Waals surface area contributed by atoms with Gasteiger partial charge in [-0.1, -0.05) is 0 Å². The highest BCUT2D eigenvalue weighted by Gasteiger charge is 2.31. The summed E-state index contributed by atoms with van der Waals surface area (Å²) in [5, 5.41) is 19.6. The molecule has 2 aromatic heterocycles. The highest BCUT2D eigenvalue weighted by atomic mass is 16.6. The fourth-order valence-electron chi connectivity index (χ4n) is 3.78. The standard InChI is InChI=1S/C19H23N5O4/c1-13(7-8-14-6-5-11-27-14)22(2)15-12-16(23-9-3-4-10-23)19(24(25)26)18-17(15)20-28-21-18/h5-6,11-13H,3-4,7-10H2,1-2H3. The van der Waals surface area contributed by atoms with Crippen LogP contribution in [0.25, 0.3) is 11.0 Å². The van der Waals surface area contributed by atoms with Crippen molar-refractivity contribution in [3.8, 4) is 0 Å². The Bertz CT molecular complexity index is 962. The first-order valence-corrected chi connectivity index (χ1v) is 9.50. The molecule has 28 heavy (non-hydrogen) atoms. The second-order valence-electron chi connectivity index (χ2n) is 7.25. The van der Waals surface area contributed by atoms with E-state index in [1.54, 1.807) is 6.26 Å². The molecule has 4 rings (SSSR count). The Morgan fingerprint density at radius 2 is 2.07 bits per heavy atom. The zero-order chi connectivity index (χ0) is 19.7. The largest absolute Gasteiger partial charge is 0.469 e. The Hall–Kier alpha value is -3.10. The fraction of sp³-hybridized carbons (Fsp3) is 0.474. The molecule has 1 saturated heterocycles. The molecule has 3 heterocycles. The molecule has 1 aromatic carbocycles. The van der Waals surface area contributed by atoms with Crippen molar-refractivity contribution in [1.29, 1.82) is 0 Å². The number of aromatic nitrogens is 2. The number of fused-ring (bicyclic) bond motifs is 1. The lowest BCUT2D eigenvalue weighted by molar-refractivity contribution is -0.382. The van der Waals surface area contributed by atoms with Gasteiger partial charge in [-0.05, 0) is 54.7 Å². The molecule has 0 aliphatic carbocycles. The summed E-state index contributed by atoms with van der Waals surface area (Å²) in [5.41, 5.74) is 1.97. The van der Waals surface area contributed by atoms with Gasteiger partial charge in [0.2, 0.25) is 5.52 Å². The summed E-state index contributed by atoms with van der Waals surface area (Å²) in [4.78, 5) is 15.5. The van der Waals surface area contributed by atoms with E-state index in [0.29, 0.717) is 11.2 Å². The molecule has 1 aliphatic heterocycles. The van der Waals surface area contributed by atoms with Crippen molar-refractivity contribution in [2.24, 2.45) is 0 Å². The monoisotopic (exact) mass is 385 g/mol. The predicted octanol–water partition coefficient (Wildman–Crippen LogP) is 3.78. The molecule has 1 atom stereocenters. The molecule has 0 bridgehead atoms. The number of nitro groups is 1. The van der Waals surface area contributed by atoms with Crippen molar-refractivity contribution in [3.63, 3.8) is 0 Å². The second-order valence-corrected chi connectivity index (χ2v) is 7.25. The van der Waals surface area contributed by atoms with Gasteiger partial charge in [0.05, 0.1) is 16.9 Å². The van der Waals surface area contributed by atoms with E-state index in [1.165, 1.54) is 0 Å². The molecule has 3 aromatic rings. The number of nitrogens with zero attached hydrogens (tertiary/aromatic N) is 5. The molecule has 0 spiro atoms. The van der Waals surface area contributed by atoms with Crippen molar-refractivity contribution >= 4 is 28.1 Å². The van der Waals surface area contributed by atoms with Gasteiger partial charge in [-0.15, -0.1) is 0 Å². The molecule has 0 N–H and O–H groups in total. The Kier molecular flexibility index (Phi) is 4.89. The molecule has 0 saturated carbocycles. The maximum atomic E-state index is 11.8. The van der Waals surface area contributed by atoms with Crippen molar-refractivity contribution in [2.75, 3.05) is 29.9 Å². The second kappa shape index (κ2) is 7.49. The van der Waals surface area contributed by atoms with Crippen LogP contribution in [0.3, 0.4) is 0 Å². The summed E-state index contributed by atoms with van der Waals surface area (Å²) in [7, 11) is 1.97. The van der Waals surface area contributed by atoms with Crippen molar-refractivity contribution in [3.05, 3.63) is 40.3 Å². The van der Waals surface area contributed by atoms with E-state index in [1.807, 2.05) is 25.2 Å². The van der Waals surface area contributed by atoms with Crippen molar-refractivity contribution in [1.82, 2.24) is 10.3 Å². The van der Waals surface area contributed by atoms with Crippen LogP contribution >= 0.6 is 0 Å². The molecule has 0 amide bonds. The van der Waals surface area contributed by atoms with E-state index in [2.05, 4.69) is 27.0 Å². The molecular formula is C19H23N5O4. The van der Waals surface area contributed by atoms with Crippen molar-refractivity contribution < 1.29 is 14.0 Å². The average Bonchev–Trinajstić information content (AvgIpc) is 3.45. The number of aryl methyl sites for hydroxylation is 1. The van der Waals surface area contributed by atoms with Gasteiger partial charge in [-0.2, -0.15) is 0 Å². The molecular weight excluding hydrogens is 362 g/mol. The Balaban J connectivity index is 1.70. The van der Waals surface area contributed by atoms with Crippen molar-refractivity contribution in [2.45, 2.75) is 38.6 Å². The van der Waals surface area contributed by atoms with E-state index in [0.717, 1.165) is 50.2 Å². The van der Waals surface area contributed by atoms with E-state index in [4.69, 9.17) is 9.05 Å². The summed E-state index contributed by atoms with van der Waals surface area (Å²) >= 11 is 0. The lowest BCUT2D eigenvalue weighted by Gasteiger charge is -2.28. The van der Waals surface area contributed by atoms with Gasteiger partial charge in [0.1, 0.15) is 11.4 Å². The van der Waals surface area contributed by atoms with Gasteiger partial charge in [0.25, 0.3) is 0 Å². The Morgan fingerprint density at radius 1 is 1.32 bits per heavy atom. The number of benzene rings is 1. The quantitative estimate of drug-likeness (QED) is 0.447. The third-order valence-corrected chi connectivity index (χ3v) is 5.53. The lowest BCUT2D eigenvalue weighted by Crippen LogP contribution is -2.30. The predicted molar refractivity (Wildman–Crippen MR) is 105 cm³/mol. The number of hydrogen-bond donors (Lipinski definition) is 0. The molecule has 148 valence electrons. The average molecular weight is 385 g/mol. The zero-order valence-electron chi connectivity index (χ0n) is 16.0. The normalized spacial score (nSPS) is 15.3. The third kappa shape index (κ3) is 3.28. The molecule has 1 unspecified atom stereocenters. The number of hydrogen-bond acceptors (Lipinski definition) is 8. The summed E-state index contributed by atoms with van der Waals surface area (Å²) in [5.74, 6) is 0.940. The van der Waals surface area contributed by atoms with Gasteiger partial charge in [-0.3, -0.25) is 10.1 Å². The lowest BCUT2D eigenvalue weighted by atomic mass is 10.1. The van der Waals surface area contributed by atoms with Crippen LogP contribution < -0.4 is 9.80 Å². The number of anilines is 2. The fourth-order valence-corrected chi connectivity index (χ4v) is 3.78.